The van der Waals surface area contributed by atoms with E-state index >= 15 is 0 Å². The summed E-state index contributed by atoms with van der Waals surface area (Å²) in [6.07, 6.45) is 0.950. The highest BCUT2D eigenvalue weighted by atomic mass is 35.5. The molecule has 0 bridgehead atoms. The number of halogens is 1. The van der Waals surface area contributed by atoms with Gasteiger partial charge in [0.15, 0.2) is 0 Å². The number of fused-ring (bicyclic) bond motifs is 1. The maximum Gasteiger partial charge on any atom is 0.128 e. The molecule has 1 aliphatic heterocycles. The predicted molar refractivity (Wildman–Crippen MR) is 76.6 cm³/mol. The van der Waals surface area contributed by atoms with Crippen LogP contribution >= 0.6 is 11.6 Å². The molecule has 1 aromatic carbocycles. The van der Waals surface area contributed by atoms with E-state index in [9.17, 15) is 0 Å². The Labute approximate surface area is 119 Å². The molecule has 4 heteroatoms. The Morgan fingerprint density at radius 2 is 1.95 bits per heavy atom. The summed E-state index contributed by atoms with van der Waals surface area (Å²) in [5.41, 5.74) is 2.36. The van der Waals surface area contributed by atoms with Gasteiger partial charge in [0.05, 0.1) is 26.4 Å². The third kappa shape index (κ3) is 2.67. The first-order valence-electron chi connectivity index (χ1n) is 6.59. The van der Waals surface area contributed by atoms with Gasteiger partial charge < -0.3 is 14.2 Å². The SMILES string of the molecule is COc1cc(OC)c2c(c1)C(C)C(C)OC2CCCl. The van der Waals surface area contributed by atoms with Gasteiger partial charge in [0.25, 0.3) is 0 Å². The van der Waals surface area contributed by atoms with Gasteiger partial charge in [-0.15, -0.1) is 11.6 Å². The van der Waals surface area contributed by atoms with Gasteiger partial charge in [-0.3, -0.25) is 0 Å². The van der Waals surface area contributed by atoms with Crippen LogP contribution in [0.5, 0.6) is 11.5 Å². The molecule has 0 aliphatic carbocycles. The van der Waals surface area contributed by atoms with Crippen molar-refractivity contribution in [2.45, 2.75) is 38.4 Å². The fourth-order valence-electron chi connectivity index (χ4n) is 2.64. The molecule has 19 heavy (non-hydrogen) atoms. The fraction of sp³-hybridized carbons (Fsp3) is 0.600. The smallest absolute Gasteiger partial charge is 0.128 e. The Morgan fingerprint density at radius 3 is 2.53 bits per heavy atom. The maximum absolute atomic E-state index is 6.08. The Bertz CT molecular complexity index is 447. The molecule has 0 saturated heterocycles. The molecule has 2 rings (SSSR count). The van der Waals surface area contributed by atoms with E-state index in [2.05, 4.69) is 19.9 Å². The summed E-state index contributed by atoms with van der Waals surface area (Å²) < 4.78 is 16.9. The quantitative estimate of drug-likeness (QED) is 0.785. The zero-order valence-corrected chi connectivity index (χ0v) is 12.7. The summed E-state index contributed by atoms with van der Waals surface area (Å²) in [5, 5.41) is 0. The van der Waals surface area contributed by atoms with Crippen molar-refractivity contribution in [2.75, 3.05) is 20.1 Å². The Morgan fingerprint density at radius 1 is 1.21 bits per heavy atom. The van der Waals surface area contributed by atoms with Crippen molar-refractivity contribution in [1.29, 1.82) is 0 Å². The molecule has 0 spiro atoms. The summed E-state index contributed by atoms with van der Waals surface area (Å²) in [6.45, 7) is 4.26. The standard InChI is InChI=1S/C15H21ClO3/c1-9-10(2)19-13(5-6-16)15-12(9)7-11(17-3)8-14(15)18-4/h7-10,13H,5-6H2,1-4H3. The summed E-state index contributed by atoms with van der Waals surface area (Å²) in [4.78, 5) is 0. The molecular formula is C15H21ClO3. The largest absolute Gasteiger partial charge is 0.497 e. The highest BCUT2D eigenvalue weighted by Gasteiger charge is 2.33. The van der Waals surface area contributed by atoms with Crippen LogP contribution in [0.25, 0.3) is 0 Å². The molecule has 1 aliphatic rings. The van der Waals surface area contributed by atoms with Gasteiger partial charge in [0.2, 0.25) is 0 Å². The van der Waals surface area contributed by atoms with E-state index in [4.69, 9.17) is 25.8 Å². The molecule has 0 aromatic heterocycles. The monoisotopic (exact) mass is 284 g/mol. The minimum absolute atomic E-state index is 0.000411. The number of benzene rings is 1. The second kappa shape index (κ2) is 6.02. The van der Waals surface area contributed by atoms with Crippen LogP contribution in [0.4, 0.5) is 0 Å². The van der Waals surface area contributed by atoms with Crippen LogP contribution in [0.15, 0.2) is 12.1 Å². The lowest BCUT2D eigenvalue weighted by Crippen LogP contribution is -2.28. The molecule has 106 valence electrons. The van der Waals surface area contributed by atoms with Gasteiger partial charge in [-0.2, -0.15) is 0 Å². The van der Waals surface area contributed by atoms with Crippen LogP contribution < -0.4 is 9.47 Å². The summed E-state index contributed by atoms with van der Waals surface area (Å²) in [7, 11) is 3.35. The van der Waals surface area contributed by atoms with Crippen molar-refractivity contribution in [3.63, 3.8) is 0 Å². The lowest BCUT2D eigenvalue weighted by Gasteiger charge is -2.36. The summed E-state index contributed by atoms with van der Waals surface area (Å²) in [6, 6.07) is 3.99. The van der Waals surface area contributed by atoms with Crippen molar-refractivity contribution < 1.29 is 14.2 Å². The van der Waals surface area contributed by atoms with Crippen LogP contribution in [-0.4, -0.2) is 26.2 Å². The van der Waals surface area contributed by atoms with Crippen LogP contribution in [0, 0.1) is 0 Å². The maximum atomic E-state index is 6.08. The van der Waals surface area contributed by atoms with E-state index in [0.29, 0.717) is 11.8 Å². The van der Waals surface area contributed by atoms with E-state index in [1.807, 2.05) is 6.07 Å². The Kier molecular flexibility index (Phi) is 4.58. The first-order valence-corrected chi connectivity index (χ1v) is 7.13. The molecule has 0 amide bonds. The van der Waals surface area contributed by atoms with Crippen LogP contribution in [-0.2, 0) is 4.74 Å². The molecule has 1 heterocycles. The fourth-order valence-corrected chi connectivity index (χ4v) is 2.84. The second-order valence-electron chi connectivity index (χ2n) is 4.93. The minimum atomic E-state index is -0.000411. The second-order valence-corrected chi connectivity index (χ2v) is 5.31. The van der Waals surface area contributed by atoms with Gasteiger partial charge >= 0.3 is 0 Å². The molecule has 0 fully saturated rings. The van der Waals surface area contributed by atoms with E-state index < -0.39 is 0 Å². The number of hydrogen-bond donors (Lipinski definition) is 0. The lowest BCUT2D eigenvalue weighted by molar-refractivity contribution is -0.0315. The first-order chi connectivity index (χ1) is 9.12. The molecular weight excluding hydrogens is 264 g/mol. The summed E-state index contributed by atoms with van der Waals surface area (Å²) in [5.74, 6) is 2.52. The number of ether oxygens (including phenoxy) is 3. The average molecular weight is 285 g/mol. The number of hydrogen-bond acceptors (Lipinski definition) is 3. The summed E-state index contributed by atoms with van der Waals surface area (Å²) >= 11 is 5.89. The number of methoxy groups -OCH3 is 2. The van der Waals surface area contributed by atoms with Gasteiger partial charge in [-0.25, -0.2) is 0 Å². The van der Waals surface area contributed by atoms with Gasteiger partial charge in [-0.05, 0) is 25.0 Å². The highest BCUT2D eigenvalue weighted by Crippen LogP contribution is 2.45. The van der Waals surface area contributed by atoms with E-state index in [-0.39, 0.29) is 12.2 Å². The van der Waals surface area contributed by atoms with Crippen LogP contribution in [0.3, 0.4) is 0 Å². The molecule has 0 N–H and O–H groups in total. The van der Waals surface area contributed by atoms with Crippen molar-refractivity contribution >= 4 is 11.6 Å². The van der Waals surface area contributed by atoms with Gasteiger partial charge in [0, 0.05) is 23.4 Å². The van der Waals surface area contributed by atoms with Crippen molar-refractivity contribution in [2.24, 2.45) is 0 Å². The highest BCUT2D eigenvalue weighted by molar-refractivity contribution is 6.17. The van der Waals surface area contributed by atoms with E-state index in [1.54, 1.807) is 14.2 Å². The molecule has 3 nitrogen and oxygen atoms in total. The topological polar surface area (TPSA) is 27.7 Å². The Balaban J connectivity index is 2.55. The van der Waals surface area contributed by atoms with Crippen molar-refractivity contribution in [1.82, 2.24) is 0 Å². The average Bonchev–Trinajstić information content (AvgIpc) is 2.43. The van der Waals surface area contributed by atoms with Crippen molar-refractivity contribution in [3.05, 3.63) is 23.3 Å². The van der Waals surface area contributed by atoms with Crippen molar-refractivity contribution in [3.8, 4) is 11.5 Å². The predicted octanol–water partition coefficient (Wildman–Crippen LogP) is 3.90. The van der Waals surface area contributed by atoms with E-state index in [1.165, 1.54) is 5.56 Å². The zero-order valence-electron chi connectivity index (χ0n) is 11.9. The number of rotatable bonds is 4. The third-order valence-corrected chi connectivity index (χ3v) is 4.09. The van der Waals surface area contributed by atoms with Crippen LogP contribution in [0.2, 0.25) is 0 Å². The molecule has 0 radical (unpaired) electrons. The van der Waals surface area contributed by atoms with E-state index in [0.717, 1.165) is 23.5 Å². The van der Waals surface area contributed by atoms with Gasteiger partial charge in [-0.1, -0.05) is 6.92 Å². The molecule has 1 aromatic rings. The van der Waals surface area contributed by atoms with Crippen LogP contribution in [0.1, 0.15) is 43.4 Å². The molecule has 3 atom stereocenters. The minimum Gasteiger partial charge on any atom is -0.497 e. The molecule has 0 saturated carbocycles. The first kappa shape index (κ1) is 14.5. The third-order valence-electron chi connectivity index (χ3n) is 3.87. The lowest BCUT2D eigenvalue weighted by atomic mass is 9.85. The normalized spacial score (nSPS) is 25.8. The Hall–Kier alpha value is -0.930. The number of alkyl halides is 1. The zero-order chi connectivity index (χ0) is 14.0. The molecule has 3 unspecified atom stereocenters. The van der Waals surface area contributed by atoms with Gasteiger partial charge in [0.1, 0.15) is 11.5 Å².